The lowest BCUT2D eigenvalue weighted by atomic mass is 9.90. The highest BCUT2D eigenvalue weighted by Gasteiger charge is 2.34. The molecule has 0 saturated carbocycles. The molecular formula is C16H23N3O2. The number of nitrogens with one attached hydrogen (secondary N) is 3. The van der Waals surface area contributed by atoms with Crippen molar-refractivity contribution in [2.75, 3.05) is 17.2 Å². The van der Waals surface area contributed by atoms with Crippen LogP contribution in [0.2, 0.25) is 0 Å². The van der Waals surface area contributed by atoms with Crippen LogP contribution in [0.5, 0.6) is 0 Å². The number of amides is 2. The van der Waals surface area contributed by atoms with Gasteiger partial charge in [0, 0.05) is 18.3 Å². The molecule has 1 aromatic rings. The number of rotatable bonds is 3. The van der Waals surface area contributed by atoms with Crippen LogP contribution in [0.3, 0.4) is 0 Å². The molecule has 0 aromatic heterocycles. The van der Waals surface area contributed by atoms with Crippen LogP contribution in [-0.2, 0) is 9.59 Å². The van der Waals surface area contributed by atoms with Gasteiger partial charge in [0.2, 0.25) is 11.8 Å². The van der Waals surface area contributed by atoms with Crippen LogP contribution < -0.4 is 16.0 Å². The van der Waals surface area contributed by atoms with E-state index in [1.54, 1.807) is 6.07 Å². The molecule has 1 unspecified atom stereocenters. The Bertz CT molecular complexity index is 548. The second kappa shape index (κ2) is 6.26. The zero-order valence-electron chi connectivity index (χ0n) is 12.9. The molecule has 1 saturated heterocycles. The summed E-state index contributed by atoms with van der Waals surface area (Å²) in [5, 5.41) is 9.00. The average molecular weight is 289 g/mol. The van der Waals surface area contributed by atoms with Crippen molar-refractivity contribution in [2.24, 2.45) is 0 Å². The molecule has 1 aliphatic rings. The minimum absolute atomic E-state index is 0.0279. The molecule has 5 nitrogen and oxygen atoms in total. The summed E-state index contributed by atoms with van der Waals surface area (Å²) in [4.78, 5) is 23.6. The molecule has 2 amide bonds. The summed E-state index contributed by atoms with van der Waals surface area (Å²) >= 11 is 0. The first kappa shape index (κ1) is 15.5. The first-order chi connectivity index (χ1) is 9.90. The third-order valence-electron chi connectivity index (χ3n) is 3.93. The standard InChI is InChI=1S/C16H23N3O2/c1-11-6-7-13(10-14(11)18-12(2)20)19-15(21)16(3)8-4-5-9-17-16/h6-7,10,17H,4-5,8-9H2,1-3H3,(H,18,20)(H,19,21). The van der Waals surface area contributed by atoms with Gasteiger partial charge in [-0.3, -0.25) is 9.59 Å². The molecule has 2 rings (SSSR count). The first-order valence-corrected chi connectivity index (χ1v) is 7.35. The second-order valence-corrected chi connectivity index (χ2v) is 5.88. The van der Waals surface area contributed by atoms with Crippen LogP contribution in [0.1, 0.15) is 38.7 Å². The van der Waals surface area contributed by atoms with Gasteiger partial charge in [0.1, 0.15) is 0 Å². The van der Waals surface area contributed by atoms with E-state index in [1.807, 2.05) is 26.0 Å². The fraction of sp³-hybridized carbons (Fsp3) is 0.500. The zero-order chi connectivity index (χ0) is 15.5. The average Bonchev–Trinajstić information content (AvgIpc) is 2.43. The number of carbonyl (C=O) groups excluding carboxylic acids is 2. The van der Waals surface area contributed by atoms with Crippen LogP contribution in [0.4, 0.5) is 11.4 Å². The SMILES string of the molecule is CC(=O)Nc1cc(NC(=O)C2(C)CCCCN2)ccc1C. The van der Waals surface area contributed by atoms with E-state index in [-0.39, 0.29) is 11.8 Å². The Hall–Kier alpha value is -1.88. The van der Waals surface area contributed by atoms with Crippen LogP contribution >= 0.6 is 0 Å². The van der Waals surface area contributed by atoms with E-state index in [0.717, 1.165) is 37.1 Å². The molecule has 114 valence electrons. The van der Waals surface area contributed by atoms with Gasteiger partial charge in [0.25, 0.3) is 0 Å². The Kier molecular flexibility index (Phi) is 4.63. The monoisotopic (exact) mass is 289 g/mol. The maximum absolute atomic E-state index is 12.4. The summed E-state index contributed by atoms with van der Waals surface area (Å²) in [6.07, 6.45) is 3.01. The third kappa shape index (κ3) is 3.82. The molecule has 1 aromatic carbocycles. The van der Waals surface area contributed by atoms with Gasteiger partial charge in [-0.15, -0.1) is 0 Å². The minimum Gasteiger partial charge on any atom is -0.326 e. The summed E-state index contributed by atoms with van der Waals surface area (Å²) in [6, 6.07) is 5.53. The highest BCUT2D eigenvalue weighted by Crippen LogP contribution is 2.24. The molecule has 0 bridgehead atoms. The summed E-state index contributed by atoms with van der Waals surface area (Å²) < 4.78 is 0. The van der Waals surface area contributed by atoms with E-state index in [2.05, 4.69) is 16.0 Å². The van der Waals surface area contributed by atoms with E-state index in [0.29, 0.717) is 5.69 Å². The normalized spacial score (nSPS) is 21.7. The van der Waals surface area contributed by atoms with E-state index in [1.165, 1.54) is 6.92 Å². The molecule has 0 aliphatic carbocycles. The van der Waals surface area contributed by atoms with E-state index in [9.17, 15) is 9.59 Å². The maximum atomic E-state index is 12.4. The van der Waals surface area contributed by atoms with E-state index >= 15 is 0 Å². The van der Waals surface area contributed by atoms with Crippen molar-refractivity contribution in [3.8, 4) is 0 Å². The van der Waals surface area contributed by atoms with Crippen molar-refractivity contribution < 1.29 is 9.59 Å². The lowest BCUT2D eigenvalue weighted by Gasteiger charge is -2.33. The van der Waals surface area contributed by atoms with Crippen molar-refractivity contribution in [3.63, 3.8) is 0 Å². The van der Waals surface area contributed by atoms with Crippen LogP contribution in [0.25, 0.3) is 0 Å². The Morgan fingerprint density at radius 2 is 2.00 bits per heavy atom. The summed E-state index contributed by atoms with van der Waals surface area (Å²) in [7, 11) is 0. The van der Waals surface area contributed by atoms with Gasteiger partial charge < -0.3 is 16.0 Å². The van der Waals surface area contributed by atoms with Crippen molar-refractivity contribution in [1.82, 2.24) is 5.32 Å². The fourth-order valence-corrected chi connectivity index (χ4v) is 2.54. The van der Waals surface area contributed by atoms with Gasteiger partial charge in [-0.2, -0.15) is 0 Å². The number of piperidine rings is 1. The summed E-state index contributed by atoms with van der Waals surface area (Å²) in [5.41, 5.74) is 1.87. The van der Waals surface area contributed by atoms with Crippen molar-refractivity contribution in [2.45, 2.75) is 45.6 Å². The van der Waals surface area contributed by atoms with Gasteiger partial charge >= 0.3 is 0 Å². The van der Waals surface area contributed by atoms with Gasteiger partial charge in [0.15, 0.2) is 0 Å². The fourth-order valence-electron chi connectivity index (χ4n) is 2.54. The Labute approximate surface area is 125 Å². The molecule has 5 heteroatoms. The van der Waals surface area contributed by atoms with E-state index < -0.39 is 5.54 Å². The Morgan fingerprint density at radius 3 is 2.62 bits per heavy atom. The molecule has 0 radical (unpaired) electrons. The number of hydrogen-bond acceptors (Lipinski definition) is 3. The summed E-state index contributed by atoms with van der Waals surface area (Å²) in [5.74, 6) is -0.151. The molecule has 3 N–H and O–H groups in total. The number of hydrogen-bond donors (Lipinski definition) is 3. The molecule has 1 fully saturated rings. The van der Waals surface area contributed by atoms with Crippen molar-refractivity contribution >= 4 is 23.2 Å². The van der Waals surface area contributed by atoms with E-state index in [4.69, 9.17) is 0 Å². The summed E-state index contributed by atoms with van der Waals surface area (Å²) in [6.45, 7) is 6.19. The Balaban J connectivity index is 2.12. The molecule has 0 spiro atoms. The number of benzene rings is 1. The second-order valence-electron chi connectivity index (χ2n) is 5.88. The lowest BCUT2D eigenvalue weighted by molar-refractivity contribution is -0.122. The molecule has 1 atom stereocenters. The topological polar surface area (TPSA) is 70.2 Å². The number of carbonyl (C=O) groups is 2. The smallest absolute Gasteiger partial charge is 0.244 e. The van der Waals surface area contributed by atoms with Gasteiger partial charge in [-0.25, -0.2) is 0 Å². The first-order valence-electron chi connectivity index (χ1n) is 7.35. The maximum Gasteiger partial charge on any atom is 0.244 e. The highest BCUT2D eigenvalue weighted by atomic mass is 16.2. The zero-order valence-corrected chi connectivity index (χ0v) is 12.9. The molecule has 1 heterocycles. The van der Waals surface area contributed by atoms with Crippen LogP contribution in [0, 0.1) is 6.92 Å². The van der Waals surface area contributed by atoms with Crippen molar-refractivity contribution in [1.29, 1.82) is 0 Å². The van der Waals surface area contributed by atoms with Crippen molar-refractivity contribution in [3.05, 3.63) is 23.8 Å². The molecule has 1 aliphatic heterocycles. The van der Waals surface area contributed by atoms with Crippen LogP contribution in [-0.4, -0.2) is 23.9 Å². The van der Waals surface area contributed by atoms with Gasteiger partial charge in [0.05, 0.1) is 5.54 Å². The molecular weight excluding hydrogens is 266 g/mol. The highest BCUT2D eigenvalue weighted by molar-refractivity contribution is 5.99. The number of anilines is 2. The Morgan fingerprint density at radius 1 is 1.24 bits per heavy atom. The minimum atomic E-state index is -0.517. The van der Waals surface area contributed by atoms with Gasteiger partial charge in [-0.05, 0) is 57.4 Å². The number of aryl methyl sites for hydroxylation is 1. The largest absolute Gasteiger partial charge is 0.326 e. The quantitative estimate of drug-likeness (QED) is 0.800. The molecule has 21 heavy (non-hydrogen) atoms. The predicted molar refractivity (Wildman–Crippen MR) is 84.4 cm³/mol. The van der Waals surface area contributed by atoms with Gasteiger partial charge in [-0.1, -0.05) is 6.07 Å². The predicted octanol–water partition coefficient (Wildman–Crippen LogP) is 2.42. The lowest BCUT2D eigenvalue weighted by Crippen LogP contribution is -2.54. The third-order valence-corrected chi connectivity index (χ3v) is 3.93. The van der Waals surface area contributed by atoms with Crippen LogP contribution in [0.15, 0.2) is 18.2 Å².